The van der Waals surface area contributed by atoms with Crippen LogP contribution in [0.5, 0.6) is 5.75 Å². The number of hydrogen-bond acceptors (Lipinski definition) is 14. The molecule has 71 heavy (non-hydrogen) atoms. The first kappa shape index (κ1) is 53.4. The molecule has 0 aromatic heterocycles. The molecular weight excluding hydrogens is 909 g/mol. The largest absolute Gasteiger partial charge is 0.497 e. The fourth-order valence-electron chi connectivity index (χ4n) is 9.70. The summed E-state index contributed by atoms with van der Waals surface area (Å²) in [6.45, 7) is 14.4. The van der Waals surface area contributed by atoms with E-state index in [0.717, 1.165) is 22.3 Å². The zero-order chi connectivity index (χ0) is 50.5. The molecule has 7 rings (SSSR count). The molecule has 0 aliphatic carbocycles. The lowest BCUT2D eigenvalue weighted by Gasteiger charge is -2.51. The predicted octanol–water partition coefficient (Wildman–Crippen LogP) is 9.24. The van der Waals surface area contributed by atoms with Gasteiger partial charge in [-0.25, -0.2) is 9.59 Å². The summed E-state index contributed by atoms with van der Waals surface area (Å²) in [6.07, 6.45) is 2.11. The highest BCUT2D eigenvalue weighted by molar-refractivity contribution is 5.90. The fourth-order valence-corrected chi connectivity index (χ4v) is 9.70. The second-order valence-corrected chi connectivity index (χ2v) is 19.7. The number of ether oxygens (including phenoxy) is 10. The highest BCUT2D eigenvalue weighted by atomic mass is 16.7. The Morgan fingerprint density at radius 3 is 2.13 bits per heavy atom. The average Bonchev–Trinajstić information content (AvgIpc) is 3.34. The number of hydrogen-bond donors (Lipinski definition) is 1. The number of esters is 3. The van der Waals surface area contributed by atoms with Crippen LogP contribution in [-0.2, 0) is 65.4 Å². The summed E-state index contributed by atoms with van der Waals surface area (Å²) in [5, 5.41) is 13.3. The van der Waals surface area contributed by atoms with Gasteiger partial charge < -0.3 is 52.5 Å². The molecule has 0 unspecified atom stereocenters. The minimum atomic E-state index is -2.33. The monoisotopic (exact) mass is 978 g/mol. The van der Waals surface area contributed by atoms with E-state index in [4.69, 9.17) is 47.4 Å². The Balaban J connectivity index is 1.25. The summed E-state index contributed by atoms with van der Waals surface area (Å²) in [5.41, 5.74) is 3.01. The molecule has 4 heterocycles. The predicted molar refractivity (Wildman–Crippen MR) is 264 cm³/mol. The van der Waals surface area contributed by atoms with Crippen molar-refractivity contribution in [2.24, 2.45) is 5.41 Å². The maximum Gasteiger partial charge on any atom is 0.338 e. The minimum Gasteiger partial charge on any atom is -0.497 e. The zero-order valence-corrected chi connectivity index (χ0v) is 41.7. The number of cyclic esters (lactones) is 1. The number of methoxy groups -OCH3 is 2. The molecule has 6 bridgehead atoms. The van der Waals surface area contributed by atoms with Crippen molar-refractivity contribution < 1.29 is 66.9 Å². The Bertz CT molecular complexity index is 2330. The van der Waals surface area contributed by atoms with Crippen molar-refractivity contribution in [1.82, 2.24) is 0 Å². The molecule has 382 valence electrons. The zero-order valence-electron chi connectivity index (χ0n) is 41.7. The van der Waals surface area contributed by atoms with Gasteiger partial charge in [-0.1, -0.05) is 111 Å². The van der Waals surface area contributed by atoms with Crippen LogP contribution < -0.4 is 4.74 Å². The van der Waals surface area contributed by atoms with Gasteiger partial charge in [-0.15, -0.1) is 0 Å². The summed E-state index contributed by atoms with van der Waals surface area (Å²) < 4.78 is 62.1. The molecule has 3 fully saturated rings. The smallest absolute Gasteiger partial charge is 0.338 e. The van der Waals surface area contributed by atoms with Gasteiger partial charge in [0.25, 0.3) is 0 Å². The van der Waals surface area contributed by atoms with Gasteiger partial charge >= 0.3 is 17.9 Å². The van der Waals surface area contributed by atoms with Crippen molar-refractivity contribution in [3.8, 4) is 5.75 Å². The highest BCUT2D eigenvalue weighted by Gasteiger charge is 2.58. The molecule has 1 N–H and O–H groups in total. The van der Waals surface area contributed by atoms with Crippen molar-refractivity contribution in [2.75, 3.05) is 21.0 Å². The molecule has 14 heteroatoms. The summed E-state index contributed by atoms with van der Waals surface area (Å²) >= 11 is 0. The third-order valence-corrected chi connectivity index (χ3v) is 13.6. The highest BCUT2D eigenvalue weighted by Crippen LogP contribution is 2.47. The van der Waals surface area contributed by atoms with Crippen LogP contribution in [0.25, 0.3) is 0 Å². The van der Waals surface area contributed by atoms with E-state index in [0.29, 0.717) is 44.3 Å². The lowest BCUT2D eigenvalue weighted by Crippen LogP contribution is -2.62. The summed E-state index contributed by atoms with van der Waals surface area (Å²) in [7, 11) is 2.85. The normalized spacial score (nSPS) is 29.8. The van der Waals surface area contributed by atoms with Crippen LogP contribution in [0.15, 0.2) is 133 Å². The van der Waals surface area contributed by atoms with E-state index < -0.39 is 65.7 Å². The molecule has 3 aromatic rings. The van der Waals surface area contributed by atoms with Crippen molar-refractivity contribution >= 4 is 17.9 Å². The van der Waals surface area contributed by atoms with Crippen LogP contribution in [0.2, 0.25) is 0 Å². The first-order valence-electron chi connectivity index (χ1n) is 24.5. The van der Waals surface area contributed by atoms with Crippen LogP contribution in [-0.4, -0.2) is 105 Å². The van der Waals surface area contributed by atoms with Crippen molar-refractivity contribution in [3.05, 3.63) is 150 Å². The molecule has 3 saturated heterocycles. The number of carbonyl (C=O) groups excluding carboxylic acids is 3. The van der Waals surface area contributed by atoms with E-state index in [1.807, 2.05) is 60.7 Å². The van der Waals surface area contributed by atoms with E-state index in [2.05, 4.69) is 13.2 Å². The molecule has 4 aliphatic rings. The van der Waals surface area contributed by atoms with Gasteiger partial charge in [0.05, 0.1) is 82.1 Å². The van der Waals surface area contributed by atoms with Crippen molar-refractivity contribution in [3.63, 3.8) is 0 Å². The summed E-state index contributed by atoms with van der Waals surface area (Å²) in [6, 6.07) is 25.5. The Morgan fingerprint density at radius 2 is 1.44 bits per heavy atom. The molecule has 0 saturated carbocycles. The topological polar surface area (TPSA) is 164 Å². The van der Waals surface area contributed by atoms with Crippen LogP contribution in [0.4, 0.5) is 0 Å². The number of fused-ring (bicyclic) bond motifs is 6. The Hall–Kier alpha value is -5.45. The van der Waals surface area contributed by atoms with E-state index in [1.54, 1.807) is 64.3 Å². The number of carbonyl (C=O) groups is 3. The SMILES string of the molecule is C=C1C[C@@H]2C[C@@H]3CC(=C)C[C@H](/C=C/C(C)(C)[C@]4(O)O[C@@H](C/C(=C\C(=O)OC)[C@@H]4OC(=O)c4ccccc4)C[C@H]([C@@H](C)OCOCc4ccccc4)OC(=O)C[C@H](OCc4ccc(OC)cc4)C[C@H](C1)O2)O3. The van der Waals surface area contributed by atoms with E-state index in [-0.39, 0.29) is 68.7 Å². The van der Waals surface area contributed by atoms with Crippen LogP contribution in [0.1, 0.15) is 100 Å². The van der Waals surface area contributed by atoms with Gasteiger partial charge in [-0.05, 0) is 80.0 Å². The van der Waals surface area contributed by atoms with Crippen molar-refractivity contribution in [1.29, 1.82) is 0 Å². The maximum absolute atomic E-state index is 14.5. The molecule has 3 aromatic carbocycles. The molecular formula is C57H70O14. The van der Waals surface area contributed by atoms with Crippen LogP contribution in [0, 0.1) is 5.41 Å². The quantitative estimate of drug-likeness (QED) is 0.0431. The summed E-state index contributed by atoms with van der Waals surface area (Å²) in [5.74, 6) is -3.66. The van der Waals surface area contributed by atoms with Gasteiger partial charge in [0.2, 0.25) is 5.79 Å². The van der Waals surface area contributed by atoms with Gasteiger partial charge in [0.1, 0.15) is 18.6 Å². The van der Waals surface area contributed by atoms with Gasteiger partial charge in [0, 0.05) is 30.8 Å². The number of rotatable bonds is 13. The minimum absolute atomic E-state index is 0.0244. The molecule has 14 nitrogen and oxygen atoms in total. The van der Waals surface area contributed by atoms with E-state index >= 15 is 0 Å². The molecule has 4 aliphatic heterocycles. The molecule has 0 radical (unpaired) electrons. The van der Waals surface area contributed by atoms with Gasteiger partial charge in [-0.2, -0.15) is 0 Å². The maximum atomic E-state index is 14.5. The lowest BCUT2D eigenvalue weighted by molar-refractivity contribution is -0.325. The third-order valence-electron chi connectivity index (χ3n) is 13.6. The second kappa shape index (κ2) is 24.8. The average molecular weight is 979 g/mol. The molecule has 0 amide bonds. The van der Waals surface area contributed by atoms with Gasteiger partial charge in [-0.3, -0.25) is 4.79 Å². The Morgan fingerprint density at radius 1 is 0.789 bits per heavy atom. The number of aliphatic hydroxyl groups is 1. The second-order valence-electron chi connectivity index (χ2n) is 19.7. The molecule has 10 atom stereocenters. The van der Waals surface area contributed by atoms with Crippen LogP contribution in [0.3, 0.4) is 0 Å². The van der Waals surface area contributed by atoms with E-state index in [1.165, 1.54) is 13.2 Å². The first-order valence-corrected chi connectivity index (χ1v) is 24.5. The Kier molecular flexibility index (Phi) is 18.6. The van der Waals surface area contributed by atoms with Crippen molar-refractivity contribution in [2.45, 2.75) is 152 Å². The fraction of sp³-hybridized carbons (Fsp3) is 0.491. The number of benzene rings is 3. The third kappa shape index (κ3) is 14.8. The molecule has 0 spiro atoms. The van der Waals surface area contributed by atoms with E-state index in [9.17, 15) is 19.5 Å². The standard InChI is InChI=1S/C57H70O14/c1-37-24-45-22-23-56(4,5)57(61)54(70-55(60)42-16-12-9-13-17-42)43(29-52(58)63-7)28-50(71-57)32-51(39(3)66-36-64-34-40-14-10-8-11-15-40)69-53(59)33-46(65-35-41-18-20-44(62-6)21-19-41)30-47-26-38(2)27-49(68-47)31-48(25-37)67-45/h8-23,29,39,45-51,54,61H,1-2,24-28,30-36H2,3-7H3/b23-22+,43-29+/t39-,45+,46-,47+,48+,49-,50+,51-,54+,57-/m1/s1. The first-order chi connectivity index (χ1) is 34.1. The Labute approximate surface area is 417 Å². The lowest BCUT2D eigenvalue weighted by atomic mass is 9.74. The summed E-state index contributed by atoms with van der Waals surface area (Å²) in [4.78, 5) is 41.6. The van der Waals surface area contributed by atoms with Gasteiger partial charge in [0.15, 0.2) is 6.10 Å². The van der Waals surface area contributed by atoms with Crippen LogP contribution >= 0.6 is 0 Å².